The van der Waals surface area contributed by atoms with E-state index in [0.717, 1.165) is 22.5 Å². The van der Waals surface area contributed by atoms with Crippen molar-refractivity contribution in [3.05, 3.63) is 111 Å². The van der Waals surface area contributed by atoms with Crippen LogP contribution in [-0.4, -0.2) is 32.5 Å². The van der Waals surface area contributed by atoms with Gasteiger partial charge in [0.1, 0.15) is 18.1 Å². The lowest BCUT2D eigenvalue weighted by molar-refractivity contribution is -0.132. The minimum absolute atomic E-state index is 0.0846. The second-order valence-electron chi connectivity index (χ2n) is 9.22. The summed E-state index contributed by atoms with van der Waals surface area (Å²) in [5.41, 5.74) is 3.43. The van der Waals surface area contributed by atoms with Crippen molar-refractivity contribution >= 4 is 39.7 Å². The van der Waals surface area contributed by atoms with Crippen LogP contribution in [0.25, 0.3) is 5.76 Å². The molecule has 8 nitrogen and oxygen atoms in total. The van der Waals surface area contributed by atoms with Crippen LogP contribution in [0.1, 0.15) is 50.6 Å². The molecular formula is C30H25N3O5S. The molecule has 196 valence electrons. The highest BCUT2D eigenvalue weighted by Crippen LogP contribution is 2.43. The van der Waals surface area contributed by atoms with Crippen LogP contribution in [0.5, 0.6) is 5.75 Å². The van der Waals surface area contributed by atoms with Crippen molar-refractivity contribution in [2.45, 2.75) is 33.4 Å². The highest BCUT2D eigenvalue weighted by molar-refractivity contribution is 7.18. The molecule has 39 heavy (non-hydrogen) atoms. The van der Waals surface area contributed by atoms with Crippen molar-refractivity contribution in [1.82, 2.24) is 9.97 Å². The van der Waals surface area contributed by atoms with E-state index in [1.165, 1.54) is 18.0 Å². The number of thiazole rings is 1. The summed E-state index contributed by atoms with van der Waals surface area (Å²) in [4.78, 5) is 48.9. The van der Waals surface area contributed by atoms with E-state index in [1.807, 2.05) is 31.2 Å². The normalized spacial score (nSPS) is 16.5. The second kappa shape index (κ2) is 10.6. The lowest BCUT2D eigenvalue weighted by Crippen LogP contribution is -2.29. The van der Waals surface area contributed by atoms with Gasteiger partial charge < -0.3 is 9.84 Å². The zero-order valence-corrected chi connectivity index (χ0v) is 22.4. The van der Waals surface area contributed by atoms with Crippen LogP contribution in [0.3, 0.4) is 0 Å². The van der Waals surface area contributed by atoms with E-state index in [4.69, 9.17) is 4.74 Å². The second-order valence-corrected chi connectivity index (χ2v) is 10.2. The standard InChI is InChI=1S/C30H25N3O5S/c1-17-6-4-7-20(14-17)16-38-23-11-9-21(10-12-23)26(35)24-25(22-8-5-13-31-15-22)33(29(37)27(24)36)30-32-18(2)28(39-30)19(3)34/h4-15,25,35H,16H2,1-3H3/b26-24+/t25-/m1/s1. The van der Waals surface area contributed by atoms with E-state index in [-0.39, 0.29) is 22.2 Å². The molecule has 4 aromatic rings. The molecule has 1 fully saturated rings. The molecule has 0 spiro atoms. The molecular weight excluding hydrogens is 514 g/mol. The Bertz CT molecular complexity index is 1610. The van der Waals surface area contributed by atoms with Crippen molar-refractivity contribution < 1.29 is 24.2 Å². The Labute approximate surface area is 229 Å². The van der Waals surface area contributed by atoms with E-state index in [2.05, 4.69) is 9.97 Å². The van der Waals surface area contributed by atoms with Gasteiger partial charge in [0, 0.05) is 24.9 Å². The first kappa shape index (κ1) is 26.0. The third-order valence-electron chi connectivity index (χ3n) is 6.37. The number of hydrogen-bond acceptors (Lipinski definition) is 8. The fourth-order valence-electron chi connectivity index (χ4n) is 4.53. The average Bonchev–Trinajstić information content (AvgIpc) is 3.44. The summed E-state index contributed by atoms with van der Waals surface area (Å²) in [7, 11) is 0. The molecule has 1 N–H and O–H groups in total. The Morgan fingerprint density at radius 3 is 2.49 bits per heavy atom. The highest BCUT2D eigenvalue weighted by atomic mass is 32.1. The van der Waals surface area contributed by atoms with Crippen LogP contribution in [0.15, 0.2) is 78.6 Å². The number of hydrogen-bond donors (Lipinski definition) is 1. The van der Waals surface area contributed by atoms with Gasteiger partial charge in [-0.25, -0.2) is 4.98 Å². The third kappa shape index (κ3) is 5.08. The smallest absolute Gasteiger partial charge is 0.301 e. The number of aliphatic hydroxyl groups is 1. The number of Topliss-reactive ketones (excluding diaryl/α,β-unsaturated/α-hetero) is 2. The molecule has 1 saturated heterocycles. The summed E-state index contributed by atoms with van der Waals surface area (Å²) in [5, 5.41) is 11.5. The summed E-state index contributed by atoms with van der Waals surface area (Å²) in [6.45, 7) is 5.50. The van der Waals surface area contributed by atoms with Gasteiger partial charge in [0.2, 0.25) is 0 Å². The maximum Gasteiger partial charge on any atom is 0.301 e. The first-order valence-electron chi connectivity index (χ1n) is 12.2. The summed E-state index contributed by atoms with van der Waals surface area (Å²) >= 11 is 1.04. The topological polar surface area (TPSA) is 110 Å². The van der Waals surface area contributed by atoms with Crippen molar-refractivity contribution in [2.24, 2.45) is 0 Å². The summed E-state index contributed by atoms with van der Waals surface area (Å²) in [5.74, 6) is -1.61. The van der Waals surface area contributed by atoms with Crippen molar-refractivity contribution in [2.75, 3.05) is 4.90 Å². The zero-order chi connectivity index (χ0) is 27.7. The van der Waals surface area contributed by atoms with Crippen LogP contribution < -0.4 is 9.64 Å². The Morgan fingerprint density at radius 1 is 1.08 bits per heavy atom. The molecule has 1 amide bonds. The number of aromatic nitrogens is 2. The van der Waals surface area contributed by atoms with E-state index in [9.17, 15) is 19.5 Å². The number of carbonyl (C=O) groups is 3. The molecule has 0 radical (unpaired) electrons. The molecule has 1 atom stereocenters. The first-order valence-corrected chi connectivity index (χ1v) is 13.0. The fourth-order valence-corrected chi connectivity index (χ4v) is 5.52. The lowest BCUT2D eigenvalue weighted by atomic mass is 9.96. The number of rotatable bonds is 7. The molecule has 2 aromatic heterocycles. The van der Waals surface area contributed by atoms with Crippen LogP contribution in [0.2, 0.25) is 0 Å². The molecule has 0 aliphatic carbocycles. The Hall–Kier alpha value is -4.63. The average molecular weight is 540 g/mol. The van der Waals surface area contributed by atoms with Gasteiger partial charge in [0.25, 0.3) is 5.78 Å². The van der Waals surface area contributed by atoms with Gasteiger partial charge in [-0.1, -0.05) is 47.2 Å². The quantitative estimate of drug-likeness (QED) is 0.142. The lowest BCUT2D eigenvalue weighted by Gasteiger charge is -2.22. The van der Waals surface area contributed by atoms with E-state index in [0.29, 0.717) is 34.1 Å². The van der Waals surface area contributed by atoms with E-state index < -0.39 is 17.7 Å². The molecule has 1 aliphatic rings. The predicted octanol–water partition coefficient (Wildman–Crippen LogP) is 5.56. The van der Waals surface area contributed by atoms with Gasteiger partial charge in [0.05, 0.1) is 22.2 Å². The molecule has 5 rings (SSSR count). The van der Waals surface area contributed by atoms with E-state index >= 15 is 0 Å². The van der Waals surface area contributed by atoms with Crippen molar-refractivity contribution in [3.63, 3.8) is 0 Å². The number of anilines is 1. The Balaban J connectivity index is 1.51. The zero-order valence-electron chi connectivity index (χ0n) is 21.5. The molecule has 0 saturated carbocycles. The minimum Gasteiger partial charge on any atom is -0.507 e. The van der Waals surface area contributed by atoms with Crippen molar-refractivity contribution in [3.8, 4) is 5.75 Å². The number of benzene rings is 2. The predicted molar refractivity (Wildman–Crippen MR) is 148 cm³/mol. The Morgan fingerprint density at radius 2 is 1.85 bits per heavy atom. The molecule has 3 heterocycles. The molecule has 0 bridgehead atoms. The number of pyridine rings is 1. The van der Waals surface area contributed by atoms with Gasteiger partial charge in [-0.3, -0.25) is 24.3 Å². The highest BCUT2D eigenvalue weighted by Gasteiger charge is 2.48. The first-order chi connectivity index (χ1) is 18.7. The third-order valence-corrected chi connectivity index (χ3v) is 7.63. The number of amides is 1. The summed E-state index contributed by atoms with van der Waals surface area (Å²) in [6.07, 6.45) is 3.11. The molecule has 1 aliphatic heterocycles. The fraction of sp³-hybridized carbons (Fsp3) is 0.167. The number of nitrogens with zero attached hydrogens (tertiary/aromatic N) is 3. The van der Waals surface area contributed by atoms with Crippen LogP contribution in [0, 0.1) is 13.8 Å². The number of aryl methyl sites for hydroxylation is 2. The van der Waals surface area contributed by atoms with Gasteiger partial charge in [0.15, 0.2) is 10.9 Å². The number of ketones is 2. The largest absolute Gasteiger partial charge is 0.507 e. The van der Waals surface area contributed by atoms with Gasteiger partial charge in [-0.2, -0.15) is 0 Å². The Kier molecular flexibility index (Phi) is 7.08. The molecule has 2 aromatic carbocycles. The van der Waals surface area contributed by atoms with Crippen LogP contribution >= 0.6 is 11.3 Å². The van der Waals surface area contributed by atoms with Gasteiger partial charge in [-0.05, 0) is 55.3 Å². The van der Waals surface area contributed by atoms with Gasteiger partial charge >= 0.3 is 5.91 Å². The monoisotopic (exact) mass is 539 g/mol. The maximum absolute atomic E-state index is 13.3. The van der Waals surface area contributed by atoms with Crippen molar-refractivity contribution in [1.29, 1.82) is 0 Å². The molecule has 9 heteroatoms. The number of ether oxygens (including phenoxy) is 1. The minimum atomic E-state index is -0.971. The summed E-state index contributed by atoms with van der Waals surface area (Å²) < 4.78 is 5.87. The van der Waals surface area contributed by atoms with Gasteiger partial charge in [-0.15, -0.1) is 0 Å². The SMILES string of the molecule is CC(=O)c1sc(N2C(=O)C(=O)/C(=C(/O)c3ccc(OCc4cccc(C)c4)cc3)[C@H]2c2cccnc2)nc1C. The molecule has 0 unspecified atom stereocenters. The maximum atomic E-state index is 13.3. The summed E-state index contributed by atoms with van der Waals surface area (Å²) in [6, 6.07) is 17.1. The number of carbonyl (C=O) groups excluding carboxylic acids is 3. The van der Waals surface area contributed by atoms with Crippen LogP contribution in [0.4, 0.5) is 5.13 Å². The van der Waals surface area contributed by atoms with Crippen LogP contribution in [-0.2, 0) is 16.2 Å². The number of aliphatic hydroxyl groups excluding tert-OH is 1. The van der Waals surface area contributed by atoms with E-state index in [1.54, 1.807) is 49.5 Å².